The summed E-state index contributed by atoms with van der Waals surface area (Å²) in [5, 5.41) is 13.9. The number of methoxy groups -OCH3 is 1. The van der Waals surface area contributed by atoms with Crippen molar-refractivity contribution in [1.82, 2.24) is 5.32 Å². The van der Waals surface area contributed by atoms with Crippen LogP contribution in [0.2, 0.25) is 0 Å². The summed E-state index contributed by atoms with van der Waals surface area (Å²) in [4.78, 5) is 36.4. The molecule has 0 spiro atoms. The van der Waals surface area contributed by atoms with Gasteiger partial charge in [-0.25, -0.2) is 9.18 Å². The lowest BCUT2D eigenvalue weighted by atomic mass is 9.98. The molecule has 9 heteroatoms. The van der Waals surface area contributed by atoms with Crippen LogP contribution >= 0.6 is 0 Å². The number of hydrogen-bond acceptors (Lipinski definition) is 5. The van der Waals surface area contributed by atoms with E-state index in [1.807, 2.05) is 48.5 Å². The van der Waals surface area contributed by atoms with Gasteiger partial charge >= 0.3 is 12.1 Å². The molecule has 0 aromatic heterocycles. The van der Waals surface area contributed by atoms with Crippen LogP contribution in [0.25, 0.3) is 11.1 Å². The lowest BCUT2D eigenvalue weighted by Crippen LogP contribution is -2.45. The molecule has 4 rings (SSSR count). The number of carboxylic acids is 1. The van der Waals surface area contributed by atoms with Crippen LogP contribution in [0.4, 0.5) is 14.9 Å². The zero-order valence-electron chi connectivity index (χ0n) is 18.8. The molecule has 180 valence electrons. The number of benzene rings is 3. The molecule has 3 aromatic rings. The number of carbonyl (C=O) groups is 3. The maximum absolute atomic E-state index is 13.9. The monoisotopic (exact) mass is 478 g/mol. The lowest BCUT2D eigenvalue weighted by Gasteiger charge is -2.19. The summed E-state index contributed by atoms with van der Waals surface area (Å²) in [6.45, 7) is 0.00492. The number of carboxylic acid groups (broad SMARTS) is 1. The van der Waals surface area contributed by atoms with E-state index >= 15 is 0 Å². The molecular weight excluding hydrogens is 455 g/mol. The van der Waals surface area contributed by atoms with Crippen LogP contribution < -0.4 is 15.4 Å². The maximum atomic E-state index is 13.9. The minimum atomic E-state index is -1.44. The van der Waals surface area contributed by atoms with E-state index in [1.54, 1.807) is 0 Å². The molecule has 0 fully saturated rings. The molecule has 1 aliphatic carbocycles. The van der Waals surface area contributed by atoms with Crippen molar-refractivity contribution in [1.29, 1.82) is 0 Å². The summed E-state index contributed by atoms with van der Waals surface area (Å²) in [6, 6.07) is 17.9. The van der Waals surface area contributed by atoms with E-state index < -0.39 is 36.2 Å². The summed E-state index contributed by atoms with van der Waals surface area (Å²) in [7, 11) is 1.30. The second kappa shape index (κ2) is 10.3. The number of carbonyl (C=O) groups excluding carboxylic acids is 2. The Bertz CT molecular complexity index is 1230. The van der Waals surface area contributed by atoms with Crippen molar-refractivity contribution in [3.8, 4) is 16.9 Å². The van der Waals surface area contributed by atoms with E-state index in [2.05, 4.69) is 10.6 Å². The molecule has 0 aliphatic heterocycles. The summed E-state index contributed by atoms with van der Waals surface area (Å²) in [5.74, 6) is -3.04. The highest BCUT2D eigenvalue weighted by Crippen LogP contribution is 2.44. The standard InChI is InChI=1S/C26H23FN2O6/c1-34-23-11-10-15(12-21(23)27)28-25(32)22(13-24(30)31)29-26(33)35-14-20-18-8-4-2-6-16(18)17-7-3-5-9-19(17)20/h2-12,20,22H,13-14H2,1H3,(H,28,32)(H,29,33)(H,30,31). The van der Waals surface area contributed by atoms with Crippen LogP contribution in [0.15, 0.2) is 66.7 Å². The number of fused-ring (bicyclic) bond motifs is 3. The molecule has 1 unspecified atom stereocenters. The van der Waals surface area contributed by atoms with Gasteiger partial charge in [-0.05, 0) is 34.4 Å². The first kappa shape index (κ1) is 23.7. The molecule has 3 aromatic carbocycles. The Kier molecular flexibility index (Phi) is 6.96. The zero-order chi connectivity index (χ0) is 24.9. The first-order chi connectivity index (χ1) is 16.9. The number of ether oxygens (including phenoxy) is 2. The van der Waals surface area contributed by atoms with Gasteiger partial charge in [-0.2, -0.15) is 0 Å². The van der Waals surface area contributed by atoms with E-state index in [0.29, 0.717) is 0 Å². The largest absolute Gasteiger partial charge is 0.494 e. The highest BCUT2D eigenvalue weighted by Gasteiger charge is 2.30. The third-order valence-electron chi connectivity index (χ3n) is 5.75. The highest BCUT2D eigenvalue weighted by molar-refractivity contribution is 5.98. The Morgan fingerprint density at radius 3 is 2.20 bits per heavy atom. The molecule has 1 aliphatic rings. The van der Waals surface area contributed by atoms with Crippen molar-refractivity contribution < 1.29 is 33.4 Å². The molecule has 0 radical (unpaired) electrons. The number of aliphatic carboxylic acids is 1. The number of anilines is 1. The molecule has 2 amide bonds. The maximum Gasteiger partial charge on any atom is 0.407 e. The molecule has 35 heavy (non-hydrogen) atoms. The molecular formula is C26H23FN2O6. The fraction of sp³-hybridized carbons (Fsp3) is 0.192. The molecule has 0 saturated carbocycles. The zero-order valence-corrected chi connectivity index (χ0v) is 18.8. The number of amides is 2. The summed E-state index contributed by atoms with van der Waals surface area (Å²) < 4.78 is 24.2. The Hall–Kier alpha value is -4.40. The fourth-order valence-corrected chi connectivity index (χ4v) is 4.14. The van der Waals surface area contributed by atoms with Crippen molar-refractivity contribution in [2.75, 3.05) is 19.0 Å². The highest BCUT2D eigenvalue weighted by atomic mass is 19.1. The number of alkyl carbamates (subject to hydrolysis) is 1. The fourth-order valence-electron chi connectivity index (χ4n) is 4.14. The lowest BCUT2D eigenvalue weighted by molar-refractivity contribution is -0.139. The van der Waals surface area contributed by atoms with Gasteiger partial charge in [0, 0.05) is 17.7 Å². The predicted octanol–water partition coefficient (Wildman–Crippen LogP) is 4.15. The third-order valence-corrected chi connectivity index (χ3v) is 5.75. The molecule has 0 heterocycles. The van der Waals surface area contributed by atoms with Gasteiger partial charge in [0.1, 0.15) is 12.6 Å². The third kappa shape index (κ3) is 5.24. The second-order valence-corrected chi connectivity index (χ2v) is 7.96. The van der Waals surface area contributed by atoms with Crippen molar-refractivity contribution >= 4 is 23.7 Å². The predicted molar refractivity (Wildman–Crippen MR) is 126 cm³/mol. The van der Waals surface area contributed by atoms with Crippen LogP contribution in [0, 0.1) is 5.82 Å². The van der Waals surface area contributed by atoms with Crippen molar-refractivity contribution in [2.45, 2.75) is 18.4 Å². The second-order valence-electron chi connectivity index (χ2n) is 7.96. The average molecular weight is 478 g/mol. The number of rotatable bonds is 8. The van der Waals surface area contributed by atoms with Gasteiger partial charge in [0.2, 0.25) is 5.91 Å². The van der Waals surface area contributed by atoms with Gasteiger partial charge in [0.25, 0.3) is 0 Å². The molecule has 0 saturated heterocycles. The van der Waals surface area contributed by atoms with Crippen molar-refractivity contribution in [2.24, 2.45) is 0 Å². The van der Waals surface area contributed by atoms with Crippen LogP contribution in [0.5, 0.6) is 5.75 Å². The molecule has 1 atom stereocenters. The number of nitrogens with one attached hydrogen (secondary N) is 2. The van der Waals surface area contributed by atoms with Crippen LogP contribution in [-0.4, -0.2) is 42.8 Å². The average Bonchev–Trinajstić information content (AvgIpc) is 3.16. The molecule has 8 nitrogen and oxygen atoms in total. The Labute approximate surface area is 200 Å². The van der Waals surface area contributed by atoms with Gasteiger partial charge in [0.05, 0.1) is 13.5 Å². The number of halogens is 1. The van der Waals surface area contributed by atoms with Gasteiger partial charge < -0.3 is 25.2 Å². The van der Waals surface area contributed by atoms with Gasteiger partial charge in [-0.3, -0.25) is 9.59 Å². The van der Waals surface area contributed by atoms with Gasteiger partial charge in [-0.15, -0.1) is 0 Å². The summed E-state index contributed by atoms with van der Waals surface area (Å²) in [5.41, 5.74) is 4.24. The topological polar surface area (TPSA) is 114 Å². The molecule has 3 N–H and O–H groups in total. The van der Waals surface area contributed by atoms with Crippen molar-refractivity contribution in [3.63, 3.8) is 0 Å². The van der Waals surface area contributed by atoms with Crippen LogP contribution in [0.3, 0.4) is 0 Å². The molecule has 0 bridgehead atoms. The number of hydrogen-bond donors (Lipinski definition) is 3. The van der Waals surface area contributed by atoms with E-state index in [0.717, 1.165) is 28.3 Å². The summed E-state index contributed by atoms with van der Waals surface area (Å²) >= 11 is 0. The minimum Gasteiger partial charge on any atom is -0.494 e. The minimum absolute atomic E-state index is 0.00492. The van der Waals surface area contributed by atoms with E-state index in [1.165, 1.54) is 19.2 Å². The SMILES string of the molecule is COc1ccc(NC(=O)C(CC(=O)O)NC(=O)OCC2c3ccccc3-c3ccccc32)cc1F. The van der Waals surface area contributed by atoms with Crippen molar-refractivity contribution in [3.05, 3.63) is 83.7 Å². The first-order valence-electron chi connectivity index (χ1n) is 10.8. The summed E-state index contributed by atoms with van der Waals surface area (Å²) in [6.07, 6.45) is -1.62. The Morgan fingerprint density at radius 2 is 1.63 bits per heavy atom. The van der Waals surface area contributed by atoms with E-state index in [4.69, 9.17) is 9.47 Å². The van der Waals surface area contributed by atoms with Crippen LogP contribution in [-0.2, 0) is 14.3 Å². The normalized spacial score (nSPS) is 12.7. The van der Waals surface area contributed by atoms with Gasteiger partial charge in [0.15, 0.2) is 11.6 Å². The van der Waals surface area contributed by atoms with E-state index in [9.17, 15) is 23.9 Å². The first-order valence-corrected chi connectivity index (χ1v) is 10.8. The Balaban J connectivity index is 1.42. The smallest absolute Gasteiger partial charge is 0.407 e. The Morgan fingerprint density at radius 1 is 1.00 bits per heavy atom. The van der Waals surface area contributed by atoms with Gasteiger partial charge in [-0.1, -0.05) is 48.5 Å². The quantitative estimate of drug-likeness (QED) is 0.448. The van der Waals surface area contributed by atoms with E-state index in [-0.39, 0.29) is 24.0 Å². The van der Waals surface area contributed by atoms with Crippen LogP contribution in [0.1, 0.15) is 23.5 Å².